The molecular formula is C26H31ClFN7O. The summed E-state index contributed by atoms with van der Waals surface area (Å²) < 4.78 is 14.8. The number of carbonyl (C=O) groups excluding carboxylic acids is 1. The summed E-state index contributed by atoms with van der Waals surface area (Å²) in [4.78, 5) is 26.3. The lowest BCUT2D eigenvalue weighted by atomic mass is 9.91. The van der Waals surface area contributed by atoms with Crippen molar-refractivity contribution in [2.24, 2.45) is 0 Å². The zero-order valence-corrected chi connectivity index (χ0v) is 21.8. The molecule has 0 fully saturated rings. The van der Waals surface area contributed by atoms with Gasteiger partial charge in [-0.2, -0.15) is 4.98 Å². The van der Waals surface area contributed by atoms with Crippen molar-refractivity contribution >= 4 is 40.8 Å². The second-order valence-corrected chi connectivity index (χ2v) is 10.5. The molecule has 3 aromatic rings. The summed E-state index contributed by atoms with van der Waals surface area (Å²) in [5, 5.41) is 12.8. The predicted octanol–water partition coefficient (Wildman–Crippen LogP) is 5.23. The Balaban J connectivity index is 1.70. The van der Waals surface area contributed by atoms with Crippen LogP contribution in [0, 0.1) is 5.82 Å². The predicted molar refractivity (Wildman–Crippen MR) is 141 cm³/mol. The normalized spacial score (nSPS) is 13.3. The van der Waals surface area contributed by atoms with Crippen LogP contribution in [-0.4, -0.2) is 33.4 Å². The first kappa shape index (κ1) is 25.8. The van der Waals surface area contributed by atoms with Crippen molar-refractivity contribution in [3.8, 4) is 0 Å². The van der Waals surface area contributed by atoms with E-state index >= 15 is 0 Å². The van der Waals surface area contributed by atoms with E-state index in [1.165, 1.54) is 12.3 Å². The van der Waals surface area contributed by atoms with Gasteiger partial charge in [-0.05, 0) is 62.2 Å². The van der Waals surface area contributed by atoms with Gasteiger partial charge in [0.25, 0.3) is 5.91 Å². The molecule has 1 amide bonds. The summed E-state index contributed by atoms with van der Waals surface area (Å²) in [6.07, 6.45) is 2.22. The number of pyridine rings is 1. The number of nitrogens with zero attached hydrogens (tertiary/aromatic N) is 3. The summed E-state index contributed by atoms with van der Waals surface area (Å²) in [6.45, 7) is 11.3. The minimum atomic E-state index is -0.397. The summed E-state index contributed by atoms with van der Waals surface area (Å²) in [7, 11) is 0. The van der Waals surface area contributed by atoms with E-state index in [2.05, 4.69) is 36.2 Å². The lowest BCUT2D eigenvalue weighted by Crippen LogP contribution is -2.31. The number of carbonyl (C=O) groups is 1. The zero-order chi connectivity index (χ0) is 26.0. The SMILES string of the molecule is CC(C)NC(=O)c1cnc(Nc2cc3c(cc2F)CNCC3)nc1Nc1ccc(Cl)c(C(C)(C)C)n1. The van der Waals surface area contributed by atoms with Crippen LogP contribution >= 0.6 is 11.6 Å². The Labute approximate surface area is 215 Å². The first-order valence-corrected chi connectivity index (χ1v) is 12.3. The molecule has 1 aliphatic heterocycles. The molecule has 8 nitrogen and oxygen atoms in total. The molecule has 36 heavy (non-hydrogen) atoms. The van der Waals surface area contributed by atoms with Crippen LogP contribution in [0.25, 0.3) is 0 Å². The monoisotopic (exact) mass is 511 g/mol. The van der Waals surface area contributed by atoms with Gasteiger partial charge in [0.1, 0.15) is 23.0 Å². The third kappa shape index (κ3) is 5.91. The number of aromatic nitrogens is 3. The minimum absolute atomic E-state index is 0.0802. The lowest BCUT2D eigenvalue weighted by Gasteiger charge is -2.21. The zero-order valence-electron chi connectivity index (χ0n) is 21.1. The Kier molecular flexibility index (Phi) is 7.42. The second-order valence-electron chi connectivity index (χ2n) is 10.1. The summed E-state index contributed by atoms with van der Waals surface area (Å²) in [5.41, 5.74) is 2.95. The van der Waals surface area contributed by atoms with Crippen molar-refractivity contribution in [3.63, 3.8) is 0 Å². The highest BCUT2D eigenvalue weighted by Gasteiger charge is 2.22. The van der Waals surface area contributed by atoms with Gasteiger partial charge in [-0.3, -0.25) is 4.79 Å². The van der Waals surface area contributed by atoms with Crippen LogP contribution < -0.4 is 21.3 Å². The fourth-order valence-corrected chi connectivity index (χ4v) is 4.31. The number of rotatable bonds is 6. The van der Waals surface area contributed by atoms with Gasteiger partial charge in [0.2, 0.25) is 5.95 Å². The van der Waals surface area contributed by atoms with Crippen LogP contribution in [-0.2, 0) is 18.4 Å². The lowest BCUT2D eigenvalue weighted by molar-refractivity contribution is 0.0943. The molecule has 2 aromatic heterocycles. The van der Waals surface area contributed by atoms with Gasteiger partial charge in [0, 0.05) is 24.2 Å². The molecular weight excluding hydrogens is 481 g/mol. The third-order valence-electron chi connectivity index (χ3n) is 5.68. The number of fused-ring (bicyclic) bond motifs is 1. The van der Waals surface area contributed by atoms with Crippen molar-refractivity contribution in [1.29, 1.82) is 0 Å². The maximum Gasteiger partial charge on any atom is 0.256 e. The smallest absolute Gasteiger partial charge is 0.256 e. The van der Waals surface area contributed by atoms with Gasteiger partial charge < -0.3 is 21.3 Å². The van der Waals surface area contributed by atoms with E-state index in [0.29, 0.717) is 23.1 Å². The van der Waals surface area contributed by atoms with Gasteiger partial charge >= 0.3 is 0 Å². The Hall–Kier alpha value is -3.30. The van der Waals surface area contributed by atoms with Crippen molar-refractivity contribution in [2.45, 2.75) is 59.0 Å². The fourth-order valence-electron chi connectivity index (χ4n) is 3.92. The molecule has 4 N–H and O–H groups in total. The molecule has 0 saturated heterocycles. The number of amides is 1. The topological polar surface area (TPSA) is 104 Å². The molecule has 190 valence electrons. The number of nitrogens with one attached hydrogen (secondary N) is 4. The fraction of sp³-hybridized carbons (Fsp3) is 0.385. The van der Waals surface area contributed by atoms with Crippen molar-refractivity contribution in [3.05, 3.63) is 63.7 Å². The highest BCUT2D eigenvalue weighted by Crippen LogP contribution is 2.30. The Morgan fingerprint density at radius 1 is 1.14 bits per heavy atom. The highest BCUT2D eigenvalue weighted by molar-refractivity contribution is 6.31. The molecule has 0 bridgehead atoms. The Morgan fingerprint density at radius 2 is 1.92 bits per heavy atom. The van der Waals surface area contributed by atoms with E-state index in [1.54, 1.807) is 18.2 Å². The maximum absolute atomic E-state index is 14.8. The Bertz CT molecular complexity index is 1290. The largest absolute Gasteiger partial charge is 0.350 e. The van der Waals surface area contributed by atoms with Gasteiger partial charge in [-0.25, -0.2) is 14.4 Å². The van der Waals surface area contributed by atoms with Gasteiger partial charge in [-0.1, -0.05) is 32.4 Å². The van der Waals surface area contributed by atoms with E-state index in [4.69, 9.17) is 11.6 Å². The first-order chi connectivity index (χ1) is 17.0. The highest BCUT2D eigenvalue weighted by atomic mass is 35.5. The molecule has 0 spiro atoms. The van der Waals surface area contributed by atoms with Crippen LogP contribution in [0.1, 0.15) is 61.8 Å². The summed E-state index contributed by atoms with van der Waals surface area (Å²) >= 11 is 6.37. The van der Waals surface area contributed by atoms with E-state index < -0.39 is 5.82 Å². The number of hydrogen-bond acceptors (Lipinski definition) is 7. The number of halogens is 2. The van der Waals surface area contributed by atoms with Crippen LogP contribution in [0.5, 0.6) is 0 Å². The average molecular weight is 512 g/mol. The van der Waals surface area contributed by atoms with Crippen molar-refractivity contribution in [1.82, 2.24) is 25.6 Å². The first-order valence-electron chi connectivity index (χ1n) is 11.9. The molecule has 0 atom stereocenters. The maximum atomic E-state index is 14.8. The van der Waals surface area contributed by atoms with Crippen molar-refractivity contribution in [2.75, 3.05) is 17.2 Å². The Morgan fingerprint density at radius 3 is 2.64 bits per heavy atom. The molecule has 3 heterocycles. The number of hydrogen-bond donors (Lipinski definition) is 4. The molecule has 10 heteroatoms. The molecule has 0 saturated carbocycles. The van der Waals surface area contributed by atoms with Crippen LogP contribution in [0.3, 0.4) is 0 Å². The van der Waals surface area contributed by atoms with Gasteiger partial charge in [0.05, 0.1) is 16.4 Å². The number of benzene rings is 1. The molecule has 1 aromatic carbocycles. The van der Waals surface area contributed by atoms with Crippen LogP contribution in [0.2, 0.25) is 5.02 Å². The van der Waals surface area contributed by atoms with Crippen LogP contribution in [0.4, 0.5) is 27.7 Å². The molecule has 0 aliphatic carbocycles. The second kappa shape index (κ2) is 10.4. The molecule has 4 rings (SSSR count). The van der Waals surface area contributed by atoms with Gasteiger partial charge in [-0.15, -0.1) is 0 Å². The summed E-state index contributed by atoms with van der Waals surface area (Å²) in [6, 6.07) is 6.71. The van der Waals surface area contributed by atoms with Crippen molar-refractivity contribution < 1.29 is 9.18 Å². The molecule has 1 aliphatic rings. The average Bonchev–Trinajstić information content (AvgIpc) is 2.80. The van der Waals surface area contributed by atoms with E-state index in [0.717, 1.165) is 24.1 Å². The van der Waals surface area contributed by atoms with E-state index in [-0.39, 0.29) is 40.4 Å². The molecule has 0 radical (unpaired) electrons. The minimum Gasteiger partial charge on any atom is -0.350 e. The van der Waals surface area contributed by atoms with E-state index in [9.17, 15) is 9.18 Å². The standard InChI is InChI=1S/C26H31ClFN7O/c1-14(2)31-24(36)17-13-30-25(32-20-11-15-8-9-29-12-16(15)10-19(20)28)35-23(17)34-21-7-6-18(27)22(33-21)26(3,4)5/h6-7,10-11,13-14,29H,8-9,12H2,1-5H3,(H,31,36)(H2,30,32,33,34,35). The summed E-state index contributed by atoms with van der Waals surface area (Å²) in [5.74, 6) is 0.127. The van der Waals surface area contributed by atoms with E-state index in [1.807, 2.05) is 34.6 Å². The molecule has 0 unspecified atom stereocenters. The van der Waals surface area contributed by atoms with Gasteiger partial charge in [0.15, 0.2) is 0 Å². The third-order valence-corrected chi connectivity index (χ3v) is 5.98. The quantitative estimate of drug-likeness (QED) is 0.359. The van der Waals surface area contributed by atoms with Crippen LogP contribution in [0.15, 0.2) is 30.5 Å². The number of anilines is 4.